The van der Waals surface area contributed by atoms with Crippen LogP contribution in [0.25, 0.3) is 21.7 Å². The first-order valence-corrected chi connectivity index (χ1v) is 9.26. The van der Waals surface area contributed by atoms with Crippen LogP contribution < -0.4 is 5.32 Å². The molecular formula is C18H15FN6S. The third kappa shape index (κ3) is 2.62. The Balaban J connectivity index is 1.49. The second-order valence-corrected chi connectivity index (χ2v) is 7.33. The van der Waals surface area contributed by atoms with Gasteiger partial charge in [0.2, 0.25) is 0 Å². The molecule has 6 nitrogen and oxygen atoms in total. The van der Waals surface area contributed by atoms with Crippen LogP contribution in [0.1, 0.15) is 29.5 Å². The van der Waals surface area contributed by atoms with Gasteiger partial charge in [0.05, 0.1) is 18.1 Å². The Morgan fingerprint density at radius 1 is 1.15 bits per heavy atom. The van der Waals surface area contributed by atoms with E-state index in [2.05, 4.69) is 25.3 Å². The van der Waals surface area contributed by atoms with Crippen LogP contribution in [0.2, 0.25) is 0 Å². The minimum Gasteiger partial charge on any atom is -0.360 e. The lowest BCUT2D eigenvalue weighted by molar-refractivity contribution is 0.593. The topological polar surface area (TPSA) is 79.4 Å². The van der Waals surface area contributed by atoms with Gasteiger partial charge in [0.15, 0.2) is 11.5 Å². The number of anilines is 1. The number of aryl methyl sites for hydroxylation is 1. The second kappa shape index (κ2) is 6.14. The summed E-state index contributed by atoms with van der Waals surface area (Å²) in [6.07, 6.45) is 6.23. The van der Waals surface area contributed by atoms with E-state index in [-0.39, 0.29) is 11.9 Å². The number of nitrogens with zero attached hydrogens (tertiary/aromatic N) is 4. The molecule has 26 heavy (non-hydrogen) atoms. The first kappa shape index (κ1) is 15.4. The highest BCUT2D eigenvalue weighted by Crippen LogP contribution is 2.38. The van der Waals surface area contributed by atoms with Gasteiger partial charge < -0.3 is 10.3 Å². The van der Waals surface area contributed by atoms with E-state index < -0.39 is 0 Å². The predicted molar refractivity (Wildman–Crippen MR) is 98.5 cm³/mol. The molecule has 0 spiro atoms. The zero-order valence-electron chi connectivity index (χ0n) is 13.7. The smallest absolute Gasteiger partial charge is 0.182 e. The molecule has 0 fully saturated rings. The maximum absolute atomic E-state index is 13.2. The van der Waals surface area contributed by atoms with Crippen molar-refractivity contribution >= 4 is 28.3 Å². The monoisotopic (exact) mass is 366 g/mol. The van der Waals surface area contributed by atoms with Crippen LogP contribution in [0.3, 0.4) is 0 Å². The summed E-state index contributed by atoms with van der Waals surface area (Å²) in [5.74, 6) is 0.503. The van der Waals surface area contributed by atoms with Crippen molar-refractivity contribution in [3.8, 4) is 10.6 Å². The number of fused-ring (bicyclic) bond motifs is 2. The van der Waals surface area contributed by atoms with Crippen LogP contribution in [0.4, 0.5) is 10.2 Å². The average molecular weight is 366 g/mol. The number of nitrogens with one attached hydrogen (secondary N) is 2. The maximum atomic E-state index is 13.2. The largest absolute Gasteiger partial charge is 0.360 e. The highest BCUT2D eigenvalue weighted by Gasteiger charge is 2.26. The number of rotatable bonds is 3. The average Bonchev–Trinajstić information content (AvgIpc) is 3.30. The fourth-order valence-electron chi connectivity index (χ4n) is 3.31. The van der Waals surface area contributed by atoms with Gasteiger partial charge in [-0.2, -0.15) is 0 Å². The number of hydrogen-bond acceptors (Lipinski definition) is 6. The van der Waals surface area contributed by atoms with E-state index in [0.717, 1.165) is 46.9 Å². The van der Waals surface area contributed by atoms with Crippen LogP contribution in [-0.2, 0) is 6.42 Å². The molecule has 1 aliphatic rings. The molecule has 1 unspecified atom stereocenters. The number of aromatic amines is 1. The van der Waals surface area contributed by atoms with Crippen LogP contribution in [0.5, 0.6) is 0 Å². The molecule has 1 atom stereocenters. The highest BCUT2D eigenvalue weighted by molar-refractivity contribution is 7.15. The molecule has 0 bridgehead atoms. The Labute approximate surface area is 152 Å². The number of imidazole rings is 1. The minimum absolute atomic E-state index is 0.0885. The summed E-state index contributed by atoms with van der Waals surface area (Å²) in [5.41, 5.74) is 3.45. The quantitative estimate of drug-likeness (QED) is 0.570. The third-order valence-corrected chi connectivity index (χ3v) is 5.76. The van der Waals surface area contributed by atoms with Crippen LogP contribution in [0.15, 0.2) is 36.9 Å². The van der Waals surface area contributed by atoms with Gasteiger partial charge in [0.25, 0.3) is 0 Å². The van der Waals surface area contributed by atoms with Crippen molar-refractivity contribution in [1.29, 1.82) is 0 Å². The predicted octanol–water partition coefficient (Wildman–Crippen LogP) is 4.11. The molecular weight excluding hydrogens is 351 g/mol. The lowest BCUT2D eigenvalue weighted by Gasteiger charge is -2.22. The molecule has 0 saturated heterocycles. The Morgan fingerprint density at radius 3 is 2.92 bits per heavy atom. The normalized spacial score (nSPS) is 16.6. The molecule has 4 aromatic rings. The van der Waals surface area contributed by atoms with Crippen molar-refractivity contribution < 1.29 is 4.39 Å². The van der Waals surface area contributed by atoms with Gasteiger partial charge >= 0.3 is 0 Å². The zero-order valence-corrected chi connectivity index (χ0v) is 14.6. The minimum atomic E-state index is -0.234. The van der Waals surface area contributed by atoms with Crippen molar-refractivity contribution in [2.45, 2.75) is 25.3 Å². The molecule has 3 aromatic heterocycles. The van der Waals surface area contributed by atoms with Crippen LogP contribution in [0, 0.1) is 5.82 Å². The number of thiazole rings is 1. The van der Waals surface area contributed by atoms with E-state index in [9.17, 15) is 4.39 Å². The van der Waals surface area contributed by atoms with E-state index in [1.165, 1.54) is 23.3 Å². The Bertz CT molecular complexity index is 1070. The summed E-state index contributed by atoms with van der Waals surface area (Å²) in [7, 11) is 0. The summed E-state index contributed by atoms with van der Waals surface area (Å²) in [6.45, 7) is 0. The molecule has 8 heteroatoms. The Morgan fingerprint density at radius 2 is 2.04 bits per heavy atom. The van der Waals surface area contributed by atoms with Crippen LogP contribution in [-0.4, -0.2) is 24.9 Å². The van der Waals surface area contributed by atoms with Crippen molar-refractivity contribution in [2.24, 2.45) is 0 Å². The summed E-state index contributed by atoms with van der Waals surface area (Å²) in [4.78, 5) is 21.9. The number of aromatic nitrogens is 5. The van der Waals surface area contributed by atoms with Crippen LogP contribution >= 0.6 is 11.3 Å². The number of hydrogen-bond donors (Lipinski definition) is 2. The van der Waals surface area contributed by atoms with E-state index in [0.29, 0.717) is 5.65 Å². The molecule has 1 aliphatic carbocycles. The molecule has 0 amide bonds. The SMILES string of the molecule is Fc1ccc(-c2nc3c(s2)CCCC3Nc2ncnc3nc[nH]c23)cc1. The summed E-state index contributed by atoms with van der Waals surface area (Å²) >= 11 is 1.69. The number of H-pyrrole nitrogens is 1. The van der Waals surface area contributed by atoms with Crippen molar-refractivity contribution in [2.75, 3.05) is 5.32 Å². The highest BCUT2D eigenvalue weighted by atomic mass is 32.1. The molecule has 0 radical (unpaired) electrons. The van der Waals surface area contributed by atoms with Gasteiger partial charge in [-0.15, -0.1) is 11.3 Å². The standard InChI is InChI=1S/C18H15FN6S/c19-11-6-4-10(5-7-11)18-25-14-12(2-1-3-13(14)26-18)24-17-15-16(21-8-20-15)22-9-23-17/h4-9,12H,1-3H2,(H2,20,21,22,23,24). The maximum Gasteiger partial charge on any atom is 0.182 e. The van der Waals surface area contributed by atoms with E-state index in [1.54, 1.807) is 29.8 Å². The molecule has 0 saturated carbocycles. The van der Waals surface area contributed by atoms with E-state index in [1.807, 2.05) is 0 Å². The Hall–Kier alpha value is -2.87. The second-order valence-electron chi connectivity index (χ2n) is 6.25. The van der Waals surface area contributed by atoms with E-state index in [4.69, 9.17) is 4.98 Å². The van der Waals surface area contributed by atoms with Gasteiger partial charge in [-0.1, -0.05) is 0 Å². The summed E-state index contributed by atoms with van der Waals surface area (Å²) in [5, 5.41) is 4.43. The molecule has 130 valence electrons. The first-order valence-electron chi connectivity index (χ1n) is 8.44. The molecule has 1 aromatic carbocycles. The van der Waals surface area contributed by atoms with Gasteiger partial charge in [-0.3, -0.25) is 0 Å². The summed E-state index contributed by atoms with van der Waals surface area (Å²) in [6, 6.07) is 6.59. The lowest BCUT2D eigenvalue weighted by Crippen LogP contribution is -2.17. The molecule has 0 aliphatic heterocycles. The van der Waals surface area contributed by atoms with Gasteiger partial charge in [-0.25, -0.2) is 24.3 Å². The van der Waals surface area contributed by atoms with Gasteiger partial charge in [0.1, 0.15) is 22.7 Å². The van der Waals surface area contributed by atoms with E-state index >= 15 is 0 Å². The fraction of sp³-hybridized carbons (Fsp3) is 0.222. The van der Waals surface area contributed by atoms with Gasteiger partial charge in [-0.05, 0) is 43.5 Å². The molecule has 5 rings (SSSR count). The first-order chi connectivity index (χ1) is 12.8. The third-order valence-electron chi connectivity index (χ3n) is 4.58. The fourth-order valence-corrected chi connectivity index (χ4v) is 4.48. The van der Waals surface area contributed by atoms with Crippen molar-refractivity contribution in [1.82, 2.24) is 24.9 Å². The summed E-state index contributed by atoms with van der Waals surface area (Å²) < 4.78 is 13.2. The molecule has 3 heterocycles. The Kier molecular flexibility index (Phi) is 3.63. The molecule has 2 N–H and O–H groups in total. The van der Waals surface area contributed by atoms with Crippen molar-refractivity contribution in [3.63, 3.8) is 0 Å². The van der Waals surface area contributed by atoms with Crippen molar-refractivity contribution in [3.05, 3.63) is 53.3 Å². The number of halogens is 1. The zero-order chi connectivity index (χ0) is 17.5. The van der Waals surface area contributed by atoms with Gasteiger partial charge in [0, 0.05) is 10.4 Å². The lowest BCUT2D eigenvalue weighted by atomic mass is 9.97. The number of benzene rings is 1.